The molecule has 0 unspecified atom stereocenters. The van der Waals surface area contributed by atoms with Gasteiger partial charge in [-0.05, 0) is 31.2 Å². The summed E-state index contributed by atoms with van der Waals surface area (Å²) in [6, 6.07) is 10.0. The van der Waals surface area contributed by atoms with Crippen molar-refractivity contribution in [2.24, 2.45) is 11.7 Å². The first-order valence-electron chi connectivity index (χ1n) is 6.72. The van der Waals surface area contributed by atoms with Gasteiger partial charge in [-0.3, -0.25) is 4.79 Å². The highest BCUT2D eigenvalue weighted by Gasteiger charge is 2.48. The average molecular weight is 263 g/mol. The van der Waals surface area contributed by atoms with Crippen molar-refractivity contribution in [1.29, 1.82) is 0 Å². The quantitative estimate of drug-likeness (QED) is 0.796. The Labute approximate surface area is 113 Å². The minimum absolute atomic E-state index is 0.283. The molecule has 1 aromatic rings. The van der Waals surface area contributed by atoms with Gasteiger partial charge in [0.25, 0.3) is 0 Å². The number of hydrogen-bond acceptors (Lipinski definition) is 4. The molecular formula is C15H21NO3. The lowest BCUT2D eigenvalue weighted by Gasteiger charge is -2.42. The fourth-order valence-corrected chi connectivity index (χ4v) is 2.45. The van der Waals surface area contributed by atoms with Crippen LogP contribution in [-0.4, -0.2) is 24.7 Å². The van der Waals surface area contributed by atoms with E-state index in [2.05, 4.69) is 0 Å². The molecule has 1 aliphatic rings. The smallest absolute Gasteiger partial charge is 0.326 e. The molecule has 0 bridgehead atoms. The number of benzene rings is 1. The van der Waals surface area contributed by atoms with Crippen molar-refractivity contribution >= 4 is 5.97 Å². The number of esters is 1. The van der Waals surface area contributed by atoms with Crippen LogP contribution in [0.25, 0.3) is 0 Å². The van der Waals surface area contributed by atoms with Crippen LogP contribution in [0.15, 0.2) is 30.3 Å². The Kier molecular flexibility index (Phi) is 4.56. The van der Waals surface area contributed by atoms with E-state index in [9.17, 15) is 4.79 Å². The lowest BCUT2D eigenvalue weighted by atomic mass is 9.69. The molecule has 0 aromatic heterocycles. The molecule has 1 aliphatic carbocycles. The van der Waals surface area contributed by atoms with Crippen molar-refractivity contribution < 1.29 is 14.3 Å². The standard InChI is InChI=1S/C15H21NO3/c1-2-19-14(17)15(16)8-13(9-15)11-18-10-12-6-4-3-5-7-12/h3-7,13H,2,8-11,16H2,1H3. The van der Waals surface area contributed by atoms with Crippen molar-refractivity contribution in [2.45, 2.75) is 31.9 Å². The van der Waals surface area contributed by atoms with Crippen LogP contribution < -0.4 is 5.73 Å². The van der Waals surface area contributed by atoms with Crippen LogP contribution in [0.4, 0.5) is 0 Å². The molecular weight excluding hydrogens is 242 g/mol. The SMILES string of the molecule is CCOC(=O)C1(N)CC(COCc2ccccc2)C1. The van der Waals surface area contributed by atoms with Crippen LogP contribution >= 0.6 is 0 Å². The maximum Gasteiger partial charge on any atom is 0.326 e. The van der Waals surface area contributed by atoms with Gasteiger partial charge in [0, 0.05) is 0 Å². The Morgan fingerprint density at radius 3 is 2.68 bits per heavy atom. The molecule has 2 rings (SSSR count). The Morgan fingerprint density at radius 2 is 2.05 bits per heavy atom. The summed E-state index contributed by atoms with van der Waals surface area (Å²) < 4.78 is 10.6. The van der Waals surface area contributed by atoms with Crippen LogP contribution in [0.5, 0.6) is 0 Å². The molecule has 0 saturated heterocycles. The van der Waals surface area contributed by atoms with Gasteiger partial charge in [0.05, 0.1) is 19.8 Å². The summed E-state index contributed by atoms with van der Waals surface area (Å²) in [5.74, 6) is 0.0763. The van der Waals surface area contributed by atoms with Gasteiger partial charge in [-0.25, -0.2) is 0 Å². The van der Waals surface area contributed by atoms with Crippen LogP contribution in [-0.2, 0) is 20.9 Å². The summed E-state index contributed by atoms with van der Waals surface area (Å²) in [5.41, 5.74) is 6.35. The lowest BCUT2D eigenvalue weighted by molar-refractivity contribution is -0.156. The van der Waals surface area contributed by atoms with Crippen LogP contribution in [0.3, 0.4) is 0 Å². The second-order valence-corrected chi connectivity index (χ2v) is 5.15. The van der Waals surface area contributed by atoms with E-state index in [0.29, 0.717) is 38.6 Å². The Bertz CT molecular complexity index is 413. The number of rotatable bonds is 6. The van der Waals surface area contributed by atoms with Gasteiger partial charge in [0.1, 0.15) is 5.54 Å². The van der Waals surface area contributed by atoms with Gasteiger partial charge < -0.3 is 15.2 Å². The maximum atomic E-state index is 11.6. The number of carbonyl (C=O) groups excluding carboxylic acids is 1. The highest BCUT2D eigenvalue weighted by atomic mass is 16.5. The molecule has 0 aliphatic heterocycles. The maximum absolute atomic E-state index is 11.6. The molecule has 0 spiro atoms. The van der Waals surface area contributed by atoms with Crippen molar-refractivity contribution in [3.8, 4) is 0 Å². The zero-order valence-corrected chi connectivity index (χ0v) is 11.3. The number of hydrogen-bond donors (Lipinski definition) is 1. The molecule has 0 heterocycles. The van der Waals surface area contributed by atoms with Gasteiger partial charge in [-0.2, -0.15) is 0 Å². The molecule has 104 valence electrons. The normalized spacial score (nSPS) is 25.7. The molecule has 19 heavy (non-hydrogen) atoms. The Balaban J connectivity index is 1.66. The van der Waals surface area contributed by atoms with Crippen LogP contribution in [0, 0.1) is 5.92 Å². The number of carbonyl (C=O) groups is 1. The van der Waals surface area contributed by atoms with E-state index in [-0.39, 0.29) is 5.97 Å². The topological polar surface area (TPSA) is 61.5 Å². The molecule has 4 nitrogen and oxygen atoms in total. The molecule has 2 N–H and O–H groups in total. The fourth-order valence-electron chi connectivity index (χ4n) is 2.45. The number of nitrogens with two attached hydrogens (primary N) is 1. The monoisotopic (exact) mass is 263 g/mol. The summed E-state index contributed by atoms with van der Waals surface area (Å²) in [5, 5.41) is 0. The average Bonchev–Trinajstić information content (AvgIpc) is 2.38. The van der Waals surface area contributed by atoms with E-state index in [1.54, 1.807) is 6.92 Å². The van der Waals surface area contributed by atoms with Gasteiger partial charge in [-0.15, -0.1) is 0 Å². The zero-order valence-electron chi connectivity index (χ0n) is 11.3. The summed E-state index contributed by atoms with van der Waals surface area (Å²) >= 11 is 0. The highest BCUT2D eigenvalue weighted by Crippen LogP contribution is 2.37. The van der Waals surface area contributed by atoms with E-state index in [0.717, 1.165) is 5.56 Å². The minimum Gasteiger partial charge on any atom is -0.465 e. The summed E-state index contributed by atoms with van der Waals surface area (Å²) in [7, 11) is 0. The molecule has 1 saturated carbocycles. The lowest BCUT2D eigenvalue weighted by Crippen LogP contribution is -2.59. The van der Waals surface area contributed by atoms with Crippen molar-refractivity contribution in [1.82, 2.24) is 0 Å². The second kappa shape index (κ2) is 6.17. The molecule has 4 heteroatoms. The molecule has 0 amide bonds. The van der Waals surface area contributed by atoms with Crippen molar-refractivity contribution in [3.63, 3.8) is 0 Å². The highest BCUT2D eigenvalue weighted by molar-refractivity contribution is 5.81. The van der Waals surface area contributed by atoms with E-state index in [1.807, 2.05) is 30.3 Å². The van der Waals surface area contributed by atoms with Gasteiger partial charge in [0.15, 0.2) is 0 Å². The third-order valence-corrected chi connectivity index (χ3v) is 3.45. The summed E-state index contributed by atoms with van der Waals surface area (Å²) in [4.78, 5) is 11.6. The van der Waals surface area contributed by atoms with Crippen molar-refractivity contribution in [3.05, 3.63) is 35.9 Å². The van der Waals surface area contributed by atoms with E-state index < -0.39 is 5.54 Å². The van der Waals surface area contributed by atoms with Crippen molar-refractivity contribution in [2.75, 3.05) is 13.2 Å². The predicted octanol–water partition coefficient (Wildman–Crippen LogP) is 1.87. The van der Waals surface area contributed by atoms with Gasteiger partial charge in [0.2, 0.25) is 0 Å². The van der Waals surface area contributed by atoms with E-state index in [1.165, 1.54) is 0 Å². The fraction of sp³-hybridized carbons (Fsp3) is 0.533. The Hall–Kier alpha value is -1.39. The van der Waals surface area contributed by atoms with Crippen LogP contribution in [0.2, 0.25) is 0 Å². The first kappa shape index (κ1) is 14.0. The summed E-state index contributed by atoms with van der Waals surface area (Å²) in [6.07, 6.45) is 1.31. The van der Waals surface area contributed by atoms with Gasteiger partial charge >= 0.3 is 5.97 Å². The third-order valence-electron chi connectivity index (χ3n) is 3.45. The van der Waals surface area contributed by atoms with E-state index in [4.69, 9.17) is 15.2 Å². The first-order chi connectivity index (χ1) is 9.14. The third kappa shape index (κ3) is 3.55. The molecule has 1 aromatic carbocycles. The zero-order chi connectivity index (χ0) is 13.7. The molecule has 0 atom stereocenters. The number of ether oxygens (including phenoxy) is 2. The predicted molar refractivity (Wildman–Crippen MR) is 72.4 cm³/mol. The minimum atomic E-state index is -0.781. The second-order valence-electron chi connectivity index (χ2n) is 5.15. The first-order valence-corrected chi connectivity index (χ1v) is 6.72. The molecule has 0 radical (unpaired) electrons. The molecule has 1 fully saturated rings. The summed E-state index contributed by atoms with van der Waals surface area (Å²) in [6.45, 7) is 3.43. The Morgan fingerprint density at radius 1 is 1.37 bits per heavy atom. The largest absolute Gasteiger partial charge is 0.465 e. The van der Waals surface area contributed by atoms with Crippen LogP contribution in [0.1, 0.15) is 25.3 Å². The van der Waals surface area contributed by atoms with E-state index >= 15 is 0 Å². The van der Waals surface area contributed by atoms with Gasteiger partial charge in [-0.1, -0.05) is 30.3 Å².